The lowest BCUT2D eigenvalue weighted by molar-refractivity contribution is 0.0601. The molecule has 0 aliphatic heterocycles. The molecule has 0 spiro atoms. The molecule has 0 bridgehead atoms. The van der Waals surface area contributed by atoms with Crippen molar-refractivity contribution in [1.29, 1.82) is 0 Å². The molecule has 3 nitrogen and oxygen atoms in total. The lowest BCUT2D eigenvalue weighted by Gasteiger charge is -2.08. The highest BCUT2D eigenvalue weighted by Crippen LogP contribution is 2.25. The van der Waals surface area contributed by atoms with Crippen LogP contribution < -0.4 is 5.73 Å². The van der Waals surface area contributed by atoms with E-state index in [-0.39, 0.29) is 5.97 Å². The van der Waals surface area contributed by atoms with Crippen LogP contribution in [0.15, 0.2) is 42.5 Å². The van der Waals surface area contributed by atoms with E-state index in [0.29, 0.717) is 5.56 Å². The minimum atomic E-state index is -0.328. The highest BCUT2D eigenvalue weighted by molar-refractivity contribution is 5.90. The third-order valence-electron chi connectivity index (χ3n) is 2.88. The molecule has 106 valence electrons. The van der Waals surface area contributed by atoms with Crippen molar-refractivity contribution in [1.82, 2.24) is 0 Å². The van der Waals surface area contributed by atoms with Crippen LogP contribution in [0, 0.1) is 6.92 Å². The molecule has 0 atom stereocenters. The average molecular weight is 271 g/mol. The van der Waals surface area contributed by atoms with Crippen molar-refractivity contribution < 1.29 is 9.53 Å². The first-order valence-electron chi connectivity index (χ1n) is 6.66. The first-order valence-corrected chi connectivity index (χ1v) is 6.66. The molecular formula is C17H21NO2. The predicted molar refractivity (Wildman–Crippen MR) is 83.7 cm³/mol. The summed E-state index contributed by atoms with van der Waals surface area (Å²) in [6.45, 7) is 6.03. The van der Waals surface area contributed by atoms with E-state index in [9.17, 15) is 4.79 Å². The van der Waals surface area contributed by atoms with Crippen LogP contribution in [0.5, 0.6) is 0 Å². The second kappa shape index (κ2) is 7.34. The first kappa shape index (κ1) is 15.8. The van der Waals surface area contributed by atoms with E-state index in [4.69, 9.17) is 5.73 Å². The number of rotatable bonds is 2. The molecule has 0 heterocycles. The topological polar surface area (TPSA) is 52.3 Å². The van der Waals surface area contributed by atoms with Crippen LogP contribution in [-0.2, 0) is 4.74 Å². The maximum atomic E-state index is 11.3. The molecule has 3 heteroatoms. The molecule has 0 saturated carbocycles. The van der Waals surface area contributed by atoms with Gasteiger partial charge in [0.15, 0.2) is 0 Å². The number of ether oxygens (including phenoxy) is 1. The number of aryl methyl sites for hydroxylation is 1. The zero-order valence-corrected chi connectivity index (χ0v) is 12.4. The monoisotopic (exact) mass is 271 g/mol. The van der Waals surface area contributed by atoms with E-state index in [0.717, 1.165) is 22.4 Å². The van der Waals surface area contributed by atoms with Gasteiger partial charge in [-0.15, -0.1) is 0 Å². The van der Waals surface area contributed by atoms with Crippen LogP contribution in [0.25, 0.3) is 11.1 Å². The lowest BCUT2D eigenvalue weighted by Crippen LogP contribution is -2.00. The molecule has 0 fully saturated rings. The van der Waals surface area contributed by atoms with E-state index in [1.807, 2.05) is 51.1 Å². The standard InChI is InChI=1S/C15H15NO2.C2H6/c1-10-3-8-13(16)9-14(10)11-4-6-12(7-5-11)15(17)18-2;1-2/h3-9H,16H2,1-2H3;1-2H3. The van der Waals surface area contributed by atoms with Gasteiger partial charge in [0.25, 0.3) is 0 Å². The summed E-state index contributed by atoms with van der Waals surface area (Å²) < 4.78 is 4.67. The molecule has 0 saturated heterocycles. The fraction of sp³-hybridized carbons (Fsp3) is 0.235. The van der Waals surface area contributed by atoms with Gasteiger partial charge in [-0.05, 0) is 47.9 Å². The van der Waals surface area contributed by atoms with Gasteiger partial charge in [0, 0.05) is 5.69 Å². The third kappa shape index (κ3) is 3.60. The van der Waals surface area contributed by atoms with Gasteiger partial charge in [-0.25, -0.2) is 4.79 Å². The Balaban J connectivity index is 0.000000956. The van der Waals surface area contributed by atoms with Crippen LogP contribution in [0.1, 0.15) is 29.8 Å². The maximum Gasteiger partial charge on any atom is 0.337 e. The Labute approximate surface area is 120 Å². The summed E-state index contributed by atoms with van der Waals surface area (Å²) in [7, 11) is 1.37. The SMILES string of the molecule is CC.COC(=O)c1ccc(-c2cc(N)ccc2C)cc1. The summed E-state index contributed by atoms with van der Waals surface area (Å²) in [5, 5.41) is 0. The van der Waals surface area contributed by atoms with E-state index >= 15 is 0 Å². The quantitative estimate of drug-likeness (QED) is 0.662. The van der Waals surface area contributed by atoms with Gasteiger partial charge in [0.05, 0.1) is 12.7 Å². The van der Waals surface area contributed by atoms with Crippen LogP contribution in [0.2, 0.25) is 0 Å². The number of carbonyl (C=O) groups is 1. The second-order valence-electron chi connectivity index (χ2n) is 4.14. The zero-order chi connectivity index (χ0) is 15.1. The Morgan fingerprint density at radius 2 is 1.65 bits per heavy atom. The average Bonchev–Trinajstić information content (AvgIpc) is 2.51. The number of carbonyl (C=O) groups excluding carboxylic acids is 1. The van der Waals surface area contributed by atoms with E-state index in [1.54, 1.807) is 12.1 Å². The molecular weight excluding hydrogens is 250 g/mol. The second-order valence-corrected chi connectivity index (χ2v) is 4.14. The molecule has 2 rings (SSSR count). The number of nitrogens with two attached hydrogens (primary N) is 1. The molecule has 0 amide bonds. The summed E-state index contributed by atoms with van der Waals surface area (Å²) in [5.74, 6) is -0.328. The molecule has 0 aromatic heterocycles. The van der Waals surface area contributed by atoms with Crippen molar-refractivity contribution in [3.63, 3.8) is 0 Å². The molecule has 2 aromatic carbocycles. The number of nitrogen functional groups attached to an aromatic ring is 1. The third-order valence-corrected chi connectivity index (χ3v) is 2.88. The first-order chi connectivity index (χ1) is 9.61. The van der Waals surface area contributed by atoms with Crippen LogP contribution in [0.4, 0.5) is 5.69 Å². The summed E-state index contributed by atoms with van der Waals surface area (Å²) >= 11 is 0. The Hall–Kier alpha value is -2.29. The van der Waals surface area contributed by atoms with Gasteiger partial charge in [-0.3, -0.25) is 0 Å². The Morgan fingerprint density at radius 1 is 1.05 bits per heavy atom. The molecule has 0 aliphatic carbocycles. The summed E-state index contributed by atoms with van der Waals surface area (Å²) in [6, 6.07) is 13.1. The molecule has 2 aromatic rings. The van der Waals surface area contributed by atoms with Gasteiger partial charge in [0.1, 0.15) is 0 Å². The molecule has 20 heavy (non-hydrogen) atoms. The fourth-order valence-electron chi connectivity index (χ4n) is 1.85. The van der Waals surface area contributed by atoms with Crippen molar-refractivity contribution >= 4 is 11.7 Å². The molecule has 0 aliphatic rings. The lowest BCUT2D eigenvalue weighted by atomic mass is 9.99. The van der Waals surface area contributed by atoms with Crippen LogP contribution in [0.3, 0.4) is 0 Å². The van der Waals surface area contributed by atoms with Crippen LogP contribution in [-0.4, -0.2) is 13.1 Å². The van der Waals surface area contributed by atoms with Crippen molar-refractivity contribution in [3.05, 3.63) is 53.6 Å². The van der Waals surface area contributed by atoms with Gasteiger partial charge >= 0.3 is 5.97 Å². The van der Waals surface area contributed by atoms with Crippen molar-refractivity contribution in [2.45, 2.75) is 20.8 Å². The zero-order valence-electron chi connectivity index (χ0n) is 12.4. The largest absolute Gasteiger partial charge is 0.465 e. The van der Waals surface area contributed by atoms with Crippen molar-refractivity contribution in [3.8, 4) is 11.1 Å². The number of anilines is 1. The minimum Gasteiger partial charge on any atom is -0.465 e. The number of esters is 1. The minimum absolute atomic E-state index is 0.328. The van der Waals surface area contributed by atoms with Gasteiger partial charge in [0.2, 0.25) is 0 Å². The number of hydrogen-bond donors (Lipinski definition) is 1. The van der Waals surface area contributed by atoms with Gasteiger partial charge in [-0.2, -0.15) is 0 Å². The highest BCUT2D eigenvalue weighted by Gasteiger charge is 2.06. The van der Waals surface area contributed by atoms with E-state index in [1.165, 1.54) is 7.11 Å². The Morgan fingerprint density at radius 3 is 2.20 bits per heavy atom. The summed E-state index contributed by atoms with van der Waals surface area (Å²) in [5.41, 5.74) is 10.3. The van der Waals surface area contributed by atoms with E-state index in [2.05, 4.69) is 4.74 Å². The van der Waals surface area contributed by atoms with Crippen molar-refractivity contribution in [2.24, 2.45) is 0 Å². The Kier molecular flexibility index (Phi) is 5.78. The smallest absolute Gasteiger partial charge is 0.337 e. The highest BCUT2D eigenvalue weighted by atomic mass is 16.5. The fourth-order valence-corrected chi connectivity index (χ4v) is 1.85. The van der Waals surface area contributed by atoms with Gasteiger partial charge in [-0.1, -0.05) is 32.0 Å². The number of hydrogen-bond acceptors (Lipinski definition) is 3. The predicted octanol–water partition coefficient (Wildman–Crippen LogP) is 4.06. The maximum absolute atomic E-state index is 11.3. The summed E-state index contributed by atoms with van der Waals surface area (Å²) in [6.07, 6.45) is 0. The normalized spacial score (nSPS) is 9.40. The summed E-state index contributed by atoms with van der Waals surface area (Å²) in [4.78, 5) is 11.3. The number of benzene rings is 2. The molecule has 0 unspecified atom stereocenters. The van der Waals surface area contributed by atoms with Crippen molar-refractivity contribution in [2.75, 3.05) is 12.8 Å². The Bertz CT molecular complexity index is 574. The molecule has 0 radical (unpaired) electrons. The van der Waals surface area contributed by atoms with Crippen LogP contribution >= 0.6 is 0 Å². The van der Waals surface area contributed by atoms with E-state index < -0.39 is 0 Å². The number of methoxy groups -OCH3 is 1. The van der Waals surface area contributed by atoms with Gasteiger partial charge < -0.3 is 10.5 Å². The molecule has 2 N–H and O–H groups in total.